The van der Waals surface area contributed by atoms with Crippen LogP contribution in [0.2, 0.25) is 0 Å². The predicted octanol–water partition coefficient (Wildman–Crippen LogP) is 0.864. The summed E-state index contributed by atoms with van der Waals surface area (Å²) in [5, 5.41) is 2.97. The Hall–Kier alpha value is -2.06. The molecule has 0 saturated carbocycles. The van der Waals surface area contributed by atoms with Gasteiger partial charge in [-0.1, -0.05) is 0 Å². The highest BCUT2D eigenvalue weighted by atomic mass is 16.5. The van der Waals surface area contributed by atoms with Crippen LogP contribution in [0.3, 0.4) is 0 Å². The Balaban J connectivity index is 1.48. The van der Waals surface area contributed by atoms with Crippen LogP contribution in [0.4, 0.5) is 0 Å². The zero-order valence-electron chi connectivity index (χ0n) is 16.9. The third kappa shape index (κ3) is 5.26. The SMILES string of the molecule is COCCNC(=O)[C@@H]1CCCN(C2CCN(C(=O)c3cnc(C)nc3)CC2)C1. The lowest BCUT2D eigenvalue weighted by atomic mass is 9.93. The molecule has 28 heavy (non-hydrogen) atoms. The molecule has 0 bridgehead atoms. The summed E-state index contributed by atoms with van der Waals surface area (Å²) < 4.78 is 5.00. The average molecular weight is 390 g/mol. The number of likely N-dealkylation sites (tertiary alicyclic amines) is 2. The normalized spacial score (nSPS) is 21.5. The number of ether oxygens (including phenoxy) is 1. The smallest absolute Gasteiger partial charge is 0.256 e. The largest absolute Gasteiger partial charge is 0.383 e. The fourth-order valence-electron chi connectivity index (χ4n) is 4.09. The Morgan fingerprint density at radius 3 is 2.57 bits per heavy atom. The summed E-state index contributed by atoms with van der Waals surface area (Å²) in [5.41, 5.74) is 0.551. The molecule has 1 atom stereocenters. The Kier molecular flexibility index (Phi) is 7.33. The molecule has 0 aromatic carbocycles. The predicted molar refractivity (Wildman–Crippen MR) is 105 cm³/mol. The molecule has 2 fully saturated rings. The summed E-state index contributed by atoms with van der Waals surface area (Å²) in [5.74, 6) is 0.859. The molecular weight excluding hydrogens is 358 g/mol. The first-order valence-electron chi connectivity index (χ1n) is 10.2. The standard InChI is InChI=1S/C20H31N5O3/c1-15-22-12-17(13-23-15)20(27)24-9-5-18(6-10-24)25-8-3-4-16(14-25)19(26)21-7-11-28-2/h12-13,16,18H,3-11,14H2,1-2H3,(H,21,26)/t16-/m1/s1. The molecule has 0 spiro atoms. The van der Waals surface area contributed by atoms with Crippen LogP contribution in [0, 0.1) is 12.8 Å². The second-order valence-corrected chi connectivity index (χ2v) is 7.66. The number of aromatic nitrogens is 2. The van der Waals surface area contributed by atoms with Gasteiger partial charge in [0.25, 0.3) is 5.91 Å². The number of aryl methyl sites for hydroxylation is 1. The maximum absolute atomic E-state index is 12.6. The number of hydrogen-bond acceptors (Lipinski definition) is 6. The number of amides is 2. The number of rotatable bonds is 6. The van der Waals surface area contributed by atoms with Gasteiger partial charge in [-0.25, -0.2) is 9.97 Å². The fourth-order valence-corrected chi connectivity index (χ4v) is 4.09. The summed E-state index contributed by atoms with van der Waals surface area (Å²) in [6.07, 6.45) is 7.08. The molecule has 3 heterocycles. The van der Waals surface area contributed by atoms with Crippen molar-refractivity contribution in [3.05, 3.63) is 23.8 Å². The molecule has 2 aliphatic heterocycles. The van der Waals surface area contributed by atoms with Gasteiger partial charge in [0, 0.05) is 51.7 Å². The number of nitrogens with zero attached hydrogens (tertiary/aromatic N) is 4. The molecule has 0 aliphatic carbocycles. The molecule has 1 aromatic heterocycles. The molecule has 2 aliphatic rings. The molecule has 1 N–H and O–H groups in total. The Morgan fingerprint density at radius 1 is 1.18 bits per heavy atom. The van der Waals surface area contributed by atoms with Gasteiger partial charge in [0.2, 0.25) is 5.91 Å². The van der Waals surface area contributed by atoms with Crippen LogP contribution in [-0.2, 0) is 9.53 Å². The lowest BCUT2D eigenvalue weighted by Gasteiger charge is -2.42. The molecular formula is C20H31N5O3. The van der Waals surface area contributed by atoms with Gasteiger partial charge in [-0.2, -0.15) is 0 Å². The lowest BCUT2D eigenvalue weighted by Crippen LogP contribution is -2.51. The number of hydrogen-bond donors (Lipinski definition) is 1. The molecule has 3 rings (SSSR count). The Morgan fingerprint density at radius 2 is 1.89 bits per heavy atom. The highest BCUT2D eigenvalue weighted by molar-refractivity contribution is 5.93. The van der Waals surface area contributed by atoms with Gasteiger partial charge in [-0.05, 0) is 39.2 Å². The van der Waals surface area contributed by atoms with E-state index in [2.05, 4.69) is 20.2 Å². The van der Waals surface area contributed by atoms with E-state index in [0.29, 0.717) is 30.6 Å². The number of carbonyl (C=O) groups excluding carboxylic acids is 2. The van der Waals surface area contributed by atoms with Crippen LogP contribution >= 0.6 is 0 Å². The van der Waals surface area contributed by atoms with Crippen LogP contribution in [0.25, 0.3) is 0 Å². The maximum atomic E-state index is 12.6. The third-order valence-corrected chi connectivity index (χ3v) is 5.72. The van der Waals surface area contributed by atoms with Gasteiger partial charge >= 0.3 is 0 Å². The number of nitrogens with one attached hydrogen (secondary N) is 1. The third-order valence-electron chi connectivity index (χ3n) is 5.72. The lowest BCUT2D eigenvalue weighted by molar-refractivity contribution is -0.127. The highest BCUT2D eigenvalue weighted by Gasteiger charge is 2.32. The van der Waals surface area contributed by atoms with Gasteiger partial charge in [-0.3, -0.25) is 14.5 Å². The van der Waals surface area contributed by atoms with E-state index in [-0.39, 0.29) is 17.7 Å². The summed E-state index contributed by atoms with van der Waals surface area (Å²) in [7, 11) is 1.64. The summed E-state index contributed by atoms with van der Waals surface area (Å²) in [6, 6.07) is 0.438. The van der Waals surface area contributed by atoms with E-state index >= 15 is 0 Å². The van der Waals surface area contributed by atoms with E-state index < -0.39 is 0 Å². The molecule has 154 valence electrons. The summed E-state index contributed by atoms with van der Waals surface area (Å²) in [6.45, 7) is 6.23. The van der Waals surface area contributed by atoms with Crippen LogP contribution in [0.1, 0.15) is 41.9 Å². The van der Waals surface area contributed by atoms with Crippen molar-refractivity contribution in [2.45, 2.75) is 38.6 Å². The fraction of sp³-hybridized carbons (Fsp3) is 0.700. The second kappa shape index (κ2) is 9.93. The van der Waals surface area contributed by atoms with Crippen LogP contribution in [0.5, 0.6) is 0 Å². The first kappa shape index (κ1) is 20.7. The van der Waals surface area contributed by atoms with Gasteiger partial charge in [0.15, 0.2) is 0 Å². The van der Waals surface area contributed by atoms with E-state index in [0.717, 1.165) is 51.9 Å². The molecule has 2 amide bonds. The van der Waals surface area contributed by atoms with Crippen molar-refractivity contribution in [2.75, 3.05) is 46.4 Å². The average Bonchev–Trinajstić information content (AvgIpc) is 2.74. The van der Waals surface area contributed by atoms with E-state index in [4.69, 9.17) is 4.74 Å². The van der Waals surface area contributed by atoms with Crippen molar-refractivity contribution >= 4 is 11.8 Å². The van der Waals surface area contributed by atoms with Gasteiger partial charge in [-0.15, -0.1) is 0 Å². The second-order valence-electron chi connectivity index (χ2n) is 7.66. The quantitative estimate of drug-likeness (QED) is 0.727. The zero-order chi connectivity index (χ0) is 19.9. The van der Waals surface area contributed by atoms with Crippen molar-refractivity contribution in [3.63, 3.8) is 0 Å². The minimum atomic E-state index is 0.00694. The Labute approximate surface area is 166 Å². The first-order chi connectivity index (χ1) is 13.6. The Bertz CT molecular complexity index is 658. The first-order valence-corrected chi connectivity index (χ1v) is 10.2. The summed E-state index contributed by atoms with van der Waals surface area (Å²) in [4.78, 5) is 37.6. The van der Waals surface area contributed by atoms with Gasteiger partial charge in [0.05, 0.1) is 18.1 Å². The maximum Gasteiger partial charge on any atom is 0.256 e. The van der Waals surface area contributed by atoms with E-state index in [1.165, 1.54) is 0 Å². The van der Waals surface area contributed by atoms with E-state index in [1.54, 1.807) is 19.5 Å². The topological polar surface area (TPSA) is 87.7 Å². The van der Waals surface area contributed by atoms with Crippen molar-refractivity contribution in [1.82, 2.24) is 25.1 Å². The van der Waals surface area contributed by atoms with Crippen LogP contribution < -0.4 is 5.32 Å². The number of piperidine rings is 2. The van der Waals surface area contributed by atoms with Crippen molar-refractivity contribution in [2.24, 2.45) is 5.92 Å². The van der Waals surface area contributed by atoms with Crippen LogP contribution in [-0.4, -0.2) is 84.1 Å². The molecule has 0 radical (unpaired) electrons. The molecule has 1 aromatic rings. The van der Waals surface area contributed by atoms with Crippen molar-refractivity contribution in [3.8, 4) is 0 Å². The zero-order valence-corrected chi connectivity index (χ0v) is 16.9. The minimum absolute atomic E-state index is 0.00694. The van der Waals surface area contributed by atoms with Crippen LogP contribution in [0.15, 0.2) is 12.4 Å². The van der Waals surface area contributed by atoms with E-state index in [1.807, 2.05) is 11.8 Å². The molecule has 8 nitrogen and oxygen atoms in total. The number of methoxy groups -OCH3 is 1. The van der Waals surface area contributed by atoms with Gasteiger partial charge < -0.3 is 15.0 Å². The van der Waals surface area contributed by atoms with Crippen molar-refractivity contribution < 1.29 is 14.3 Å². The minimum Gasteiger partial charge on any atom is -0.383 e. The molecule has 2 saturated heterocycles. The van der Waals surface area contributed by atoms with Crippen molar-refractivity contribution in [1.29, 1.82) is 0 Å². The summed E-state index contributed by atoms with van der Waals surface area (Å²) >= 11 is 0. The highest BCUT2D eigenvalue weighted by Crippen LogP contribution is 2.24. The number of carbonyl (C=O) groups is 2. The van der Waals surface area contributed by atoms with E-state index in [9.17, 15) is 9.59 Å². The monoisotopic (exact) mass is 389 g/mol. The van der Waals surface area contributed by atoms with Gasteiger partial charge in [0.1, 0.15) is 5.82 Å². The molecule has 0 unspecified atom stereocenters. The molecule has 8 heteroatoms.